The Morgan fingerprint density at radius 2 is 1.78 bits per heavy atom. The molecule has 1 aliphatic carbocycles. The van der Waals surface area contributed by atoms with Crippen LogP contribution >= 0.6 is 0 Å². The molecular formula is C15H28N2O. The van der Waals surface area contributed by atoms with Crippen LogP contribution in [0.15, 0.2) is 0 Å². The SMILES string of the molecule is CC(C)NC1CCCN(C2C(C)(C)C2(C)C)C1=O. The molecule has 2 rings (SSSR count). The van der Waals surface area contributed by atoms with E-state index in [1.165, 1.54) is 0 Å². The molecule has 1 aliphatic heterocycles. The van der Waals surface area contributed by atoms with E-state index in [9.17, 15) is 4.79 Å². The van der Waals surface area contributed by atoms with E-state index in [0.29, 0.717) is 18.0 Å². The monoisotopic (exact) mass is 252 g/mol. The Kier molecular flexibility index (Phi) is 3.25. The predicted octanol–water partition coefficient (Wildman–Crippen LogP) is 2.41. The minimum atomic E-state index is 0.0333. The molecule has 1 unspecified atom stereocenters. The molecule has 3 nitrogen and oxygen atoms in total. The fraction of sp³-hybridized carbons (Fsp3) is 0.933. The van der Waals surface area contributed by atoms with Crippen molar-refractivity contribution in [2.75, 3.05) is 6.54 Å². The van der Waals surface area contributed by atoms with E-state index < -0.39 is 0 Å². The topological polar surface area (TPSA) is 32.3 Å². The lowest BCUT2D eigenvalue weighted by molar-refractivity contribution is -0.137. The summed E-state index contributed by atoms with van der Waals surface area (Å²) < 4.78 is 0. The van der Waals surface area contributed by atoms with Gasteiger partial charge in [-0.3, -0.25) is 4.79 Å². The molecule has 104 valence electrons. The van der Waals surface area contributed by atoms with Crippen LogP contribution < -0.4 is 5.32 Å². The van der Waals surface area contributed by atoms with Gasteiger partial charge < -0.3 is 10.2 Å². The Balaban J connectivity index is 2.09. The lowest BCUT2D eigenvalue weighted by Gasteiger charge is -2.35. The predicted molar refractivity (Wildman–Crippen MR) is 74.4 cm³/mol. The Labute approximate surface area is 111 Å². The first-order valence-electron chi connectivity index (χ1n) is 7.26. The molecule has 0 aromatic rings. The van der Waals surface area contributed by atoms with Crippen molar-refractivity contribution in [2.24, 2.45) is 10.8 Å². The van der Waals surface area contributed by atoms with Gasteiger partial charge in [0.15, 0.2) is 0 Å². The van der Waals surface area contributed by atoms with Gasteiger partial charge in [-0.15, -0.1) is 0 Å². The molecule has 1 amide bonds. The highest BCUT2D eigenvalue weighted by Gasteiger charge is 2.68. The van der Waals surface area contributed by atoms with Gasteiger partial charge >= 0.3 is 0 Å². The third-order valence-corrected chi connectivity index (χ3v) is 5.26. The van der Waals surface area contributed by atoms with Crippen LogP contribution in [0.4, 0.5) is 0 Å². The summed E-state index contributed by atoms with van der Waals surface area (Å²) >= 11 is 0. The molecule has 3 heteroatoms. The van der Waals surface area contributed by atoms with E-state index in [1.807, 2.05) is 0 Å². The third-order valence-electron chi connectivity index (χ3n) is 5.26. The number of likely N-dealkylation sites (tertiary alicyclic amines) is 1. The van der Waals surface area contributed by atoms with Crippen molar-refractivity contribution < 1.29 is 4.79 Å². The number of piperidine rings is 1. The highest BCUT2D eigenvalue weighted by molar-refractivity contribution is 5.83. The number of nitrogens with one attached hydrogen (secondary N) is 1. The standard InChI is InChI=1S/C15H28N2O/c1-10(2)16-11-8-7-9-17(12(11)18)13-14(3,4)15(13,5)6/h10-11,13,16H,7-9H2,1-6H3. The quantitative estimate of drug-likeness (QED) is 0.836. The number of hydrogen-bond donors (Lipinski definition) is 1. The first-order valence-corrected chi connectivity index (χ1v) is 7.26. The van der Waals surface area contributed by atoms with Crippen molar-refractivity contribution in [3.63, 3.8) is 0 Å². The summed E-state index contributed by atoms with van der Waals surface area (Å²) in [7, 11) is 0. The summed E-state index contributed by atoms with van der Waals surface area (Å²) in [5.41, 5.74) is 0.505. The van der Waals surface area contributed by atoms with E-state index in [4.69, 9.17) is 0 Å². The van der Waals surface area contributed by atoms with Gasteiger partial charge in [0, 0.05) is 18.6 Å². The Morgan fingerprint density at radius 3 is 2.22 bits per heavy atom. The van der Waals surface area contributed by atoms with Crippen LogP contribution in [0.1, 0.15) is 54.4 Å². The van der Waals surface area contributed by atoms with Crippen LogP contribution in [-0.2, 0) is 4.79 Å². The molecule has 1 N–H and O–H groups in total. The molecule has 2 fully saturated rings. The van der Waals surface area contributed by atoms with Gasteiger partial charge in [-0.2, -0.15) is 0 Å². The van der Waals surface area contributed by atoms with Crippen LogP contribution in [0.3, 0.4) is 0 Å². The van der Waals surface area contributed by atoms with Crippen molar-refractivity contribution in [1.29, 1.82) is 0 Å². The average Bonchev–Trinajstić information content (AvgIpc) is 2.62. The highest BCUT2D eigenvalue weighted by atomic mass is 16.2. The molecule has 0 spiro atoms. The van der Waals surface area contributed by atoms with Crippen LogP contribution in [0, 0.1) is 10.8 Å². The van der Waals surface area contributed by atoms with Crippen molar-refractivity contribution in [3.8, 4) is 0 Å². The Morgan fingerprint density at radius 1 is 1.22 bits per heavy atom. The lowest BCUT2D eigenvalue weighted by Crippen LogP contribution is -2.54. The number of rotatable bonds is 3. The summed E-state index contributed by atoms with van der Waals surface area (Å²) in [6.45, 7) is 14.3. The molecule has 2 aliphatic rings. The lowest BCUT2D eigenvalue weighted by atomic mass is 10.0. The molecule has 0 radical (unpaired) electrons. The summed E-state index contributed by atoms with van der Waals surface area (Å²) in [5, 5.41) is 3.41. The molecular weight excluding hydrogens is 224 g/mol. The van der Waals surface area contributed by atoms with Gasteiger partial charge in [0.05, 0.1) is 6.04 Å². The fourth-order valence-electron chi connectivity index (χ4n) is 3.65. The van der Waals surface area contributed by atoms with Gasteiger partial charge in [0.2, 0.25) is 5.91 Å². The van der Waals surface area contributed by atoms with Crippen LogP contribution in [0.25, 0.3) is 0 Å². The maximum Gasteiger partial charge on any atom is 0.240 e. The molecule has 0 bridgehead atoms. The van der Waals surface area contributed by atoms with Gasteiger partial charge in [-0.25, -0.2) is 0 Å². The molecule has 1 atom stereocenters. The second-order valence-electron chi connectivity index (χ2n) is 7.39. The van der Waals surface area contributed by atoms with Crippen molar-refractivity contribution in [1.82, 2.24) is 10.2 Å². The number of hydrogen-bond acceptors (Lipinski definition) is 2. The molecule has 0 aromatic carbocycles. The summed E-state index contributed by atoms with van der Waals surface area (Å²) in [5.74, 6) is 0.318. The zero-order valence-electron chi connectivity index (χ0n) is 12.7. The van der Waals surface area contributed by atoms with Gasteiger partial charge in [-0.1, -0.05) is 41.5 Å². The number of nitrogens with zero attached hydrogens (tertiary/aromatic N) is 1. The smallest absolute Gasteiger partial charge is 0.240 e. The summed E-state index contributed by atoms with van der Waals surface area (Å²) in [6, 6.07) is 0.819. The number of carbonyl (C=O) groups is 1. The van der Waals surface area contributed by atoms with E-state index >= 15 is 0 Å². The Hall–Kier alpha value is -0.570. The first-order chi connectivity index (χ1) is 8.19. The minimum absolute atomic E-state index is 0.0333. The van der Waals surface area contributed by atoms with Crippen molar-refractivity contribution in [2.45, 2.75) is 72.5 Å². The zero-order chi connectivity index (χ0) is 13.7. The fourth-order valence-corrected chi connectivity index (χ4v) is 3.65. The van der Waals surface area contributed by atoms with E-state index in [0.717, 1.165) is 19.4 Å². The van der Waals surface area contributed by atoms with E-state index in [-0.39, 0.29) is 16.9 Å². The normalized spacial score (nSPS) is 30.9. The van der Waals surface area contributed by atoms with Gasteiger partial charge in [0.25, 0.3) is 0 Å². The summed E-state index contributed by atoms with van der Waals surface area (Å²) in [4.78, 5) is 14.7. The number of amides is 1. The largest absolute Gasteiger partial charge is 0.337 e. The van der Waals surface area contributed by atoms with Crippen LogP contribution in [0.5, 0.6) is 0 Å². The third kappa shape index (κ3) is 1.97. The van der Waals surface area contributed by atoms with Crippen LogP contribution in [0.2, 0.25) is 0 Å². The second kappa shape index (κ2) is 4.22. The molecule has 1 saturated heterocycles. The second-order valence-corrected chi connectivity index (χ2v) is 7.39. The molecule has 1 heterocycles. The summed E-state index contributed by atoms with van der Waals surface area (Å²) in [6.07, 6.45) is 2.11. The highest BCUT2D eigenvalue weighted by Crippen LogP contribution is 2.65. The van der Waals surface area contributed by atoms with Crippen molar-refractivity contribution in [3.05, 3.63) is 0 Å². The zero-order valence-corrected chi connectivity index (χ0v) is 12.7. The van der Waals surface area contributed by atoms with Gasteiger partial charge in [-0.05, 0) is 23.7 Å². The molecule has 0 aromatic heterocycles. The number of carbonyl (C=O) groups excluding carboxylic acids is 1. The van der Waals surface area contributed by atoms with E-state index in [1.54, 1.807) is 0 Å². The Bertz CT molecular complexity index is 332. The maximum atomic E-state index is 12.6. The van der Waals surface area contributed by atoms with Crippen molar-refractivity contribution >= 4 is 5.91 Å². The van der Waals surface area contributed by atoms with Gasteiger partial charge in [0.1, 0.15) is 0 Å². The van der Waals surface area contributed by atoms with Crippen LogP contribution in [-0.4, -0.2) is 35.5 Å². The maximum absolute atomic E-state index is 12.6. The first kappa shape index (κ1) is 13.9. The van der Waals surface area contributed by atoms with E-state index in [2.05, 4.69) is 51.8 Å². The average molecular weight is 252 g/mol. The molecule has 1 saturated carbocycles. The minimum Gasteiger partial charge on any atom is -0.337 e. The molecule has 18 heavy (non-hydrogen) atoms.